The molecule has 3 heterocycles. The fourth-order valence-electron chi connectivity index (χ4n) is 5.47. The van der Waals surface area contributed by atoms with Crippen molar-refractivity contribution >= 4 is 22.7 Å². The largest absolute Gasteiger partial charge is 0.393 e. The van der Waals surface area contributed by atoms with E-state index in [-0.39, 0.29) is 6.10 Å². The minimum absolute atomic E-state index is 0.168. The van der Waals surface area contributed by atoms with Crippen molar-refractivity contribution in [3.8, 4) is 11.1 Å². The highest BCUT2D eigenvalue weighted by molar-refractivity contribution is 5.94. The van der Waals surface area contributed by atoms with E-state index in [4.69, 9.17) is 4.98 Å². The van der Waals surface area contributed by atoms with E-state index < -0.39 is 0 Å². The highest BCUT2D eigenvalue weighted by atomic mass is 16.3. The summed E-state index contributed by atoms with van der Waals surface area (Å²) < 4.78 is 2.34. The third-order valence-electron chi connectivity index (χ3n) is 7.73. The Bertz CT molecular complexity index is 1090. The van der Waals surface area contributed by atoms with Gasteiger partial charge in [-0.3, -0.25) is 0 Å². The second-order valence-electron chi connectivity index (χ2n) is 10.4. The van der Waals surface area contributed by atoms with Crippen LogP contribution in [-0.2, 0) is 0 Å². The van der Waals surface area contributed by atoms with Crippen molar-refractivity contribution in [3.05, 3.63) is 36.7 Å². The van der Waals surface area contributed by atoms with Crippen molar-refractivity contribution in [1.29, 1.82) is 0 Å². The molecule has 1 saturated carbocycles. The number of aliphatic hydroxyl groups is 1. The summed E-state index contributed by atoms with van der Waals surface area (Å²) in [7, 11) is 2.20. The first-order valence-electron chi connectivity index (χ1n) is 13.5. The van der Waals surface area contributed by atoms with Crippen molar-refractivity contribution in [1.82, 2.24) is 19.4 Å². The van der Waals surface area contributed by atoms with Crippen molar-refractivity contribution in [2.75, 3.05) is 37.3 Å². The summed E-state index contributed by atoms with van der Waals surface area (Å²) in [6.07, 6.45) is 12.3. The number of rotatable bonds is 8. The van der Waals surface area contributed by atoms with Gasteiger partial charge in [0.1, 0.15) is 5.65 Å². The lowest BCUT2D eigenvalue weighted by molar-refractivity contribution is 0.111. The van der Waals surface area contributed by atoms with Crippen LogP contribution in [0.25, 0.3) is 22.2 Å². The van der Waals surface area contributed by atoms with Crippen LogP contribution in [0.2, 0.25) is 0 Å². The number of nitrogens with zero attached hydrogens (tertiary/aromatic N) is 4. The molecule has 0 bridgehead atoms. The quantitative estimate of drug-likeness (QED) is 0.383. The molecule has 7 nitrogen and oxygen atoms in total. The van der Waals surface area contributed by atoms with Gasteiger partial charge in [0.25, 0.3) is 0 Å². The first kappa shape index (κ1) is 24.1. The third kappa shape index (κ3) is 5.62. The molecule has 2 aliphatic rings. The molecule has 35 heavy (non-hydrogen) atoms. The second kappa shape index (κ2) is 11.0. The number of aliphatic hydroxyl groups excluding tert-OH is 1. The van der Waals surface area contributed by atoms with Gasteiger partial charge in [-0.15, -0.1) is 0 Å². The highest BCUT2D eigenvalue weighted by Gasteiger charge is 2.24. The minimum Gasteiger partial charge on any atom is -0.393 e. The lowest BCUT2D eigenvalue weighted by atomic mass is 9.93. The Labute approximate surface area is 209 Å². The molecule has 1 saturated heterocycles. The van der Waals surface area contributed by atoms with Crippen LogP contribution in [0.15, 0.2) is 36.7 Å². The molecule has 0 amide bonds. The van der Waals surface area contributed by atoms with E-state index >= 15 is 0 Å². The van der Waals surface area contributed by atoms with Crippen molar-refractivity contribution < 1.29 is 5.11 Å². The van der Waals surface area contributed by atoms with Gasteiger partial charge in [0, 0.05) is 47.7 Å². The van der Waals surface area contributed by atoms with Crippen LogP contribution in [-0.4, -0.2) is 63.4 Å². The van der Waals surface area contributed by atoms with Crippen LogP contribution in [0.5, 0.6) is 0 Å². The fraction of sp³-hybridized carbons (Fsp3) is 0.571. The summed E-state index contributed by atoms with van der Waals surface area (Å²) in [5.74, 6) is 0.699. The number of piperidine rings is 1. The third-order valence-corrected chi connectivity index (χ3v) is 7.73. The molecule has 5 rings (SSSR count). The first-order valence-corrected chi connectivity index (χ1v) is 13.5. The highest BCUT2D eigenvalue weighted by Crippen LogP contribution is 2.37. The van der Waals surface area contributed by atoms with E-state index in [1.165, 1.54) is 29.7 Å². The maximum Gasteiger partial charge on any atom is 0.224 e. The number of hydrogen-bond acceptors (Lipinski definition) is 6. The van der Waals surface area contributed by atoms with Crippen molar-refractivity contribution in [3.63, 3.8) is 0 Å². The van der Waals surface area contributed by atoms with Gasteiger partial charge in [0.2, 0.25) is 5.95 Å². The lowest BCUT2D eigenvalue weighted by Gasteiger charge is -2.30. The molecule has 1 aliphatic carbocycles. The molecule has 2 fully saturated rings. The average molecular weight is 477 g/mol. The van der Waals surface area contributed by atoms with Gasteiger partial charge in [0.15, 0.2) is 0 Å². The summed E-state index contributed by atoms with van der Waals surface area (Å²) >= 11 is 0. The zero-order valence-corrected chi connectivity index (χ0v) is 21.2. The molecule has 0 atom stereocenters. The summed E-state index contributed by atoms with van der Waals surface area (Å²) in [5.41, 5.74) is 4.54. The van der Waals surface area contributed by atoms with Gasteiger partial charge >= 0.3 is 0 Å². The summed E-state index contributed by atoms with van der Waals surface area (Å²) in [4.78, 5) is 12.0. The van der Waals surface area contributed by atoms with Crippen LogP contribution < -0.4 is 10.6 Å². The number of fused-ring (bicyclic) bond motifs is 1. The Morgan fingerprint density at radius 2 is 1.77 bits per heavy atom. The van der Waals surface area contributed by atoms with Gasteiger partial charge in [0.05, 0.1) is 6.10 Å². The number of unbranched alkanes of at least 4 members (excludes halogenated alkanes) is 1. The molecule has 2 aromatic heterocycles. The molecule has 0 unspecified atom stereocenters. The Morgan fingerprint density at radius 1 is 1.03 bits per heavy atom. The van der Waals surface area contributed by atoms with E-state index in [1.54, 1.807) is 0 Å². The van der Waals surface area contributed by atoms with E-state index in [1.807, 2.05) is 6.20 Å². The van der Waals surface area contributed by atoms with Gasteiger partial charge in [-0.1, -0.05) is 25.5 Å². The van der Waals surface area contributed by atoms with E-state index in [9.17, 15) is 5.11 Å². The average Bonchev–Trinajstić information content (AvgIpc) is 3.25. The van der Waals surface area contributed by atoms with Gasteiger partial charge in [-0.25, -0.2) is 4.98 Å². The molecular formula is C28H40N6O. The number of hydrogen-bond donors (Lipinski definition) is 3. The maximum absolute atomic E-state index is 10.0. The molecule has 0 radical (unpaired) electrons. The van der Waals surface area contributed by atoms with Crippen LogP contribution in [0.3, 0.4) is 0 Å². The Kier molecular flexibility index (Phi) is 7.54. The monoisotopic (exact) mass is 476 g/mol. The molecule has 1 aromatic carbocycles. The van der Waals surface area contributed by atoms with Gasteiger partial charge < -0.3 is 25.2 Å². The summed E-state index contributed by atoms with van der Waals surface area (Å²) in [5, 5.41) is 18.2. The number of benzene rings is 1. The van der Waals surface area contributed by atoms with Crippen molar-refractivity contribution in [2.45, 2.75) is 76.5 Å². The van der Waals surface area contributed by atoms with E-state index in [0.717, 1.165) is 69.2 Å². The van der Waals surface area contributed by atoms with Crippen LogP contribution in [0, 0.1) is 0 Å². The maximum atomic E-state index is 10.0. The first-order chi connectivity index (χ1) is 17.1. The zero-order chi connectivity index (χ0) is 24.2. The second-order valence-corrected chi connectivity index (χ2v) is 10.4. The zero-order valence-electron chi connectivity index (χ0n) is 21.2. The summed E-state index contributed by atoms with van der Waals surface area (Å²) in [6.45, 7) is 5.39. The lowest BCUT2D eigenvalue weighted by Crippen LogP contribution is -2.36. The molecule has 1 aliphatic heterocycles. The molecule has 3 aromatic rings. The molecule has 0 spiro atoms. The van der Waals surface area contributed by atoms with E-state index in [2.05, 4.69) is 69.5 Å². The predicted octanol–water partition coefficient (Wildman–Crippen LogP) is 5.29. The standard InChI is InChI=1S/C28H40N6O/c1-3-4-15-29-28-30-18-25-26(19-34(27(25)32-28)23-9-11-24(35)12-10-23)20-5-7-21(8-6-20)31-22-13-16-33(2)17-14-22/h5-8,18-19,22-24,31,35H,3-4,9-17H2,1-2H3,(H,29,30,32). The molecule has 3 N–H and O–H groups in total. The fourth-order valence-corrected chi connectivity index (χ4v) is 5.47. The molecular weight excluding hydrogens is 436 g/mol. The van der Waals surface area contributed by atoms with E-state index in [0.29, 0.717) is 18.0 Å². The normalized spacial score (nSPS) is 21.9. The molecule has 7 heteroatoms. The van der Waals surface area contributed by atoms with Gasteiger partial charge in [-0.2, -0.15) is 4.98 Å². The van der Waals surface area contributed by atoms with Crippen LogP contribution >= 0.6 is 0 Å². The number of aromatic nitrogens is 3. The smallest absolute Gasteiger partial charge is 0.224 e. The Hall–Kier alpha value is -2.64. The topological polar surface area (TPSA) is 78.2 Å². The van der Waals surface area contributed by atoms with Crippen molar-refractivity contribution in [2.24, 2.45) is 0 Å². The molecule has 188 valence electrons. The summed E-state index contributed by atoms with van der Waals surface area (Å²) in [6, 6.07) is 9.75. The van der Waals surface area contributed by atoms with Crippen LogP contribution in [0.1, 0.15) is 64.3 Å². The Morgan fingerprint density at radius 3 is 2.49 bits per heavy atom. The minimum atomic E-state index is -0.168. The van der Waals surface area contributed by atoms with Gasteiger partial charge in [-0.05, 0) is 82.8 Å². The predicted molar refractivity (Wildman–Crippen MR) is 144 cm³/mol. The Balaban J connectivity index is 1.41. The SMILES string of the molecule is CCCCNc1ncc2c(-c3ccc(NC4CCN(C)CC4)cc3)cn(C3CCC(O)CC3)c2n1. The number of anilines is 2. The van der Waals surface area contributed by atoms with Crippen LogP contribution in [0.4, 0.5) is 11.6 Å². The number of nitrogens with one attached hydrogen (secondary N) is 2. The number of likely N-dealkylation sites (tertiary alicyclic amines) is 1.